The summed E-state index contributed by atoms with van der Waals surface area (Å²) in [6.07, 6.45) is 0. The van der Waals surface area contributed by atoms with Gasteiger partial charge in [0.1, 0.15) is 15.6 Å². The Bertz CT molecular complexity index is 545. The van der Waals surface area contributed by atoms with Crippen molar-refractivity contribution in [2.45, 2.75) is 6.92 Å². The highest BCUT2D eigenvalue weighted by atomic mass is 32.1. The van der Waals surface area contributed by atoms with Gasteiger partial charge in [-0.3, -0.25) is 0 Å². The van der Waals surface area contributed by atoms with Gasteiger partial charge in [0.15, 0.2) is 0 Å². The molecule has 0 bridgehead atoms. The summed E-state index contributed by atoms with van der Waals surface area (Å²) in [5.74, 6) is -0.166. The lowest BCUT2D eigenvalue weighted by Crippen LogP contribution is -1.99. The van der Waals surface area contributed by atoms with E-state index in [0.29, 0.717) is 10.6 Å². The smallest absolute Gasteiger partial charge is 0.349 e. The van der Waals surface area contributed by atoms with Gasteiger partial charge in [0, 0.05) is 5.56 Å². The Balaban J connectivity index is 2.41. The minimum atomic E-state index is -0.370. The van der Waals surface area contributed by atoms with Crippen LogP contribution < -0.4 is 0 Å². The van der Waals surface area contributed by atoms with Crippen LogP contribution in [0.3, 0.4) is 0 Å². The Morgan fingerprint density at radius 3 is 2.59 bits per heavy atom. The molecule has 4 nitrogen and oxygen atoms in total. The van der Waals surface area contributed by atoms with E-state index in [9.17, 15) is 9.90 Å². The van der Waals surface area contributed by atoms with E-state index in [-0.39, 0.29) is 11.7 Å². The molecule has 17 heavy (non-hydrogen) atoms. The molecule has 0 radical (unpaired) electrons. The van der Waals surface area contributed by atoms with Crippen LogP contribution >= 0.6 is 11.3 Å². The van der Waals surface area contributed by atoms with Crippen LogP contribution in [0.25, 0.3) is 10.6 Å². The molecule has 0 saturated heterocycles. The number of thiazole rings is 1. The van der Waals surface area contributed by atoms with Gasteiger partial charge in [-0.05, 0) is 31.2 Å². The molecule has 1 heterocycles. The number of aromatic nitrogens is 1. The van der Waals surface area contributed by atoms with Crippen molar-refractivity contribution in [1.82, 2.24) is 4.98 Å². The van der Waals surface area contributed by atoms with Crippen molar-refractivity contribution in [1.29, 1.82) is 0 Å². The van der Waals surface area contributed by atoms with E-state index < -0.39 is 0 Å². The molecule has 0 saturated carbocycles. The molecule has 0 aliphatic heterocycles. The predicted molar refractivity (Wildman–Crippen MR) is 65.3 cm³/mol. The van der Waals surface area contributed by atoms with Crippen LogP contribution in [0.15, 0.2) is 24.3 Å². The number of nitrogens with zero attached hydrogens (tertiary/aromatic N) is 1. The van der Waals surface area contributed by atoms with E-state index in [0.717, 1.165) is 10.6 Å². The summed E-state index contributed by atoms with van der Waals surface area (Å²) in [5, 5.41) is 9.94. The van der Waals surface area contributed by atoms with E-state index >= 15 is 0 Å². The third-order valence-electron chi connectivity index (χ3n) is 2.28. The molecule has 5 heteroatoms. The average molecular weight is 249 g/mol. The number of phenolic OH excluding ortho intramolecular Hbond substituents is 1. The van der Waals surface area contributed by atoms with Crippen LogP contribution in [0.5, 0.6) is 5.75 Å². The Morgan fingerprint density at radius 1 is 1.35 bits per heavy atom. The average Bonchev–Trinajstić information content (AvgIpc) is 2.71. The first kappa shape index (κ1) is 11.6. The topological polar surface area (TPSA) is 59.4 Å². The van der Waals surface area contributed by atoms with Crippen LogP contribution in [0, 0.1) is 6.92 Å². The van der Waals surface area contributed by atoms with Gasteiger partial charge in [0.25, 0.3) is 0 Å². The number of aryl methyl sites for hydroxylation is 1. The number of carbonyl (C=O) groups excluding carboxylic acids is 1. The molecule has 88 valence electrons. The van der Waals surface area contributed by atoms with Gasteiger partial charge in [0.2, 0.25) is 0 Å². The molecule has 0 aliphatic carbocycles. The maximum atomic E-state index is 11.4. The Hall–Kier alpha value is -1.88. The van der Waals surface area contributed by atoms with Crippen molar-refractivity contribution in [3.8, 4) is 16.3 Å². The molecule has 1 N–H and O–H groups in total. The van der Waals surface area contributed by atoms with Gasteiger partial charge >= 0.3 is 5.97 Å². The van der Waals surface area contributed by atoms with Gasteiger partial charge in [-0.25, -0.2) is 9.78 Å². The molecule has 0 unspecified atom stereocenters. The molecule has 0 atom stereocenters. The second-order valence-electron chi connectivity index (χ2n) is 3.47. The highest BCUT2D eigenvalue weighted by molar-refractivity contribution is 7.17. The SMILES string of the molecule is COC(=O)c1sc(-c2ccc(O)cc2)nc1C. The Morgan fingerprint density at radius 2 is 2.00 bits per heavy atom. The maximum Gasteiger partial charge on any atom is 0.349 e. The summed E-state index contributed by atoms with van der Waals surface area (Å²) in [6.45, 7) is 1.77. The Labute approximate surface area is 103 Å². The lowest BCUT2D eigenvalue weighted by molar-refractivity contribution is 0.0605. The van der Waals surface area contributed by atoms with E-state index in [1.165, 1.54) is 18.4 Å². The normalized spacial score (nSPS) is 10.2. The third-order valence-corrected chi connectivity index (χ3v) is 3.47. The summed E-state index contributed by atoms with van der Waals surface area (Å²) in [6, 6.07) is 6.69. The van der Waals surface area contributed by atoms with E-state index in [1.807, 2.05) is 0 Å². The number of aromatic hydroxyl groups is 1. The van der Waals surface area contributed by atoms with Crippen LogP contribution in [-0.4, -0.2) is 23.2 Å². The molecular formula is C12H11NO3S. The summed E-state index contributed by atoms with van der Waals surface area (Å²) >= 11 is 1.28. The molecule has 0 fully saturated rings. The summed E-state index contributed by atoms with van der Waals surface area (Å²) in [7, 11) is 1.35. The lowest BCUT2D eigenvalue weighted by atomic mass is 10.2. The summed E-state index contributed by atoms with van der Waals surface area (Å²) < 4.78 is 4.68. The quantitative estimate of drug-likeness (QED) is 0.831. The number of methoxy groups -OCH3 is 1. The predicted octanol–water partition coefficient (Wildman–Crippen LogP) is 2.61. The second-order valence-corrected chi connectivity index (χ2v) is 4.47. The molecule has 0 aliphatic rings. The van der Waals surface area contributed by atoms with Crippen molar-refractivity contribution < 1.29 is 14.6 Å². The van der Waals surface area contributed by atoms with Crippen molar-refractivity contribution in [3.05, 3.63) is 34.8 Å². The minimum absolute atomic E-state index is 0.204. The van der Waals surface area contributed by atoms with Crippen LogP contribution in [0.4, 0.5) is 0 Å². The number of hydrogen-bond donors (Lipinski definition) is 1. The van der Waals surface area contributed by atoms with E-state index in [4.69, 9.17) is 0 Å². The molecule has 2 rings (SSSR count). The van der Waals surface area contributed by atoms with Crippen molar-refractivity contribution >= 4 is 17.3 Å². The van der Waals surface area contributed by atoms with Crippen molar-refractivity contribution in [2.75, 3.05) is 7.11 Å². The zero-order valence-corrected chi connectivity index (χ0v) is 10.2. The van der Waals surface area contributed by atoms with E-state index in [1.54, 1.807) is 31.2 Å². The van der Waals surface area contributed by atoms with Gasteiger partial charge < -0.3 is 9.84 Å². The largest absolute Gasteiger partial charge is 0.508 e. The summed E-state index contributed by atoms with van der Waals surface area (Å²) in [4.78, 5) is 16.3. The number of esters is 1. The highest BCUT2D eigenvalue weighted by Crippen LogP contribution is 2.29. The maximum absolute atomic E-state index is 11.4. The van der Waals surface area contributed by atoms with Crippen molar-refractivity contribution in [2.24, 2.45) is 0 Å². The molecular weight excluding hydrogens is 238 g/mol. The fourth-order valence-electron chi connectivity index (χ4n) is 1.41. The molecule has 0 amide bonds. The highest BCUT2D eigenvalue weighted by Gasteiger charge is 2.16. The Kier molecular flexibility index (Phi) is 3.10. The first-order chi connectivity index (χ1) is 8.11. The van der Waals surface area contributed by atoms with Crippen LogP contribution in [-0.2, 0) is 4.74 Å². The molecule has 2 aromatic rings. The minimum Gasteiger partial charge on any atom is -0.508 e. The monoisotopic (exact) mass is 249 g/mol. The number of rotatable bonds is 2. The van der Waals surface area contributed by atoms with Gasteiger partial charge in [-0.2, -0.15) is 0 Å². The second kappa shape index (κ2) is 4.55. The third kappa shape index (κ3) is 2.29. The zero-order valence-electron chi connectivity index (χ0n) is 9.43. The van der Waals surface area contributed by atoms with Crippen LogP contribution in [0.1, 0.15) is 15.4 Å². The van der Waals surface area contributed by atoms with Gasteiger partial charge in [0.05, 0.1) is 12.8 Å². The number of benzene rings is 1. The van der Waals surface area contributed by atoms with Gasteiger partial charge in [-0.1, -0.05) is 0 Å². The van der Waals surface area contributed by atoms with Crippen molar-refractivity contribution in [3.63, 3.8) is 0 Å². The van der Waals surface area contributed by atoms with Crippen LogP contribution in [0.2, 0.25) is 0 Å². The van der Waals surface area contributed by atoms with E-state index in [2.05, 4.69) is 9.72 Å². The fourth-order valence-corrected chi connectivity index (χ4v) is 2.40. The molecule has 1 aromatic heterocycles. The number of hydrogen-bond acceptors (Lipinski definition) is 5. The standard InChI is InChI=1S/C12H11NO3S/c1-7-10(12(15)16-2)17-11(13-7)8-3-5-9(14)6-4-8/h3-6,14H,1-2H3. The zero-order chi connectivity index (χ0) is 12.4. The number of carbonyl (C=O) groups is 1. The summed E-state index contributed by atoms with van der Waals surface area (Å²) in [5.41, 5.74) is 1.52. The molecule has 0 spiro atoms. The number of ether oxygens (including phenoxy) is 1. The number of phenols is 1. The lowest BCUT2D eigenvalue weighted by Gasteiger charge is -1.95. The molecule has 1 aromatic carbocycles. The first-order valence-electron chi connectivity index (χ1n) is 4.97. The fraction of sp³-hybridized carbons (Fsp3) is 0.167. The van der Waals surface area contributed by atoms with Gasteiger partial charge in [-0.15, -0.1) is 11.3 Å². The first-order valence-corrected chi connectivity index (χ1v) is 5.78.